The first-order valence-electron chi connectivity index (χ1n) is 8.76. The van der Waals surface area contributed by atoms with Gasteiger partial charge in [0.25, 0.3) is 5.91 Å². The van der Waals surface area contributed by atoms with Crippen LogP contribution in [0.3, 0.4) is 0 Å². The van der Waals surface area contributed by atoms with Gasteiger partial charge >= 0.3 is 0 Å². The molecule has 0 aliphatic rings. The van der Waals surface area contributed by atoms with E-state index in [2.05, 4.69) is 15.6 Å². The number of amides is 2. The van der Waals surface area contributed by atoms with Gasteiger partial charge in [0.15, 0.2) is 0 Å². The fourth-order valence-corrected chi connectivity index (χ4v) is 2.72. The summed E-state index contributed by atoms with van der Waals surface area (Å²) in [5.74, 6) is -0.645. The second-order valence-electron chi connectivity index (χ2n) is 6.23. The fraction of sp³-hybridized carbons (Fsp3) is 0.136. The molecule has 0 saturated carbocycles. The molecule has 3 rings (SSSR count). The quantitative estimate of drug-likeness (QED) is 0.709. The zero-order valence-electron chi connectivity index (χ0n) is 15.1. The van der Waals surface area contributed by atoms with Crippen LogP contribution in [0.4, 0.5) is 5.69 Å². The Bertz CT molecular complexity index is 911. The molecule has 2 aromatic carbocycles. The van der Waals surface area contributed by atoms with Crippen molar-refractivity contribution in [3.8, 4) is 0 Å². The van der Waals surface area contributed by atoms with Gasteiger partial charge in [-0.25, -0.2) is 0 Å². The molecular formula is C22H21N3O2. The molecule has 0 aliphatic heterocycles. The van der Waals surface area contributed by atoms with Crippen molar-refractivity contribution in [2.75, 3.05) is 5.32 Å². The summed E-state index contributed by atoms with van der Waals surface area (Å²) in [4.78, 5) is 29.5. The summed E-state index contributed by atoms with van der Waals surface area (Å²) in [7, 11) is 0. The van der Waals surface area contributed by atoms with Gasteiger partial charge in [0.1, 0.15) is 11.7 Å². The first-order valence-corrected chi connectivity index (χ1v) is 8.76. The first-order chi connectivity index (χ1) is 13.1. The van der Waals surface area contributed by atoms with Crippen LogP contribution in [0.5, 0.6) is 0 Å². The highest BCUT2D eigenvalue weighted by Gasteiger charge is 2.23. The van der Waals surface area contributed by atoms with Crippen molar-refractivity contribution in [1.29, 1.82) is 0 Å². The van der Waals surface area contributed by atoms with Crippen LogP contribution in [-0.2, 0) is 11.2 Å². The number of hydrogen-bond acceptors (Lipinski definition) is 3. The van der Waals surface area contributed by atoms with E-state index in [1.54, 1.807) is 24.4 Å². The third-order valence-corrected chi connectivity index (χ3v) is 4.20. The van der Waals surface area contributed by atoms with Crippen LogP contribution in [0, 0.1) is 6.92 Å². The molecule has 1 unspecified atom stereocenters. The summed E-state index contributed by atoms with van der Waals surface area (Å²) in [6.45, 7) is 1.92. The Morgan fingerprint density at radius 3 is 2.33 bits per heavy atom. The SMILES string of the molecule is Cc1ccccc1NC(=O)C(Cc1ccccc1)NC(=O)c1ccccn1. The Morgan fingerprint density at radius 2 is 1.63 bits per heavy atom. The van der Waals surface area contributed by atoms with Crippen molar-refractivity contribution in [1.82, 2.24) is 10.3 Å². The average Bonchev–Trinajstić information content (AvgIpc) is 2.70. The van der Waals surface area contributed by atoms with Gasteiger partial charge < -0.3 is 10.6 Å². The zero-order chi connectivity index (χ0) is 19.1. The Balaban J connectivity index is 1.79. The minimum absolute atomic E-state index is 0.266. The van der Waals surface area contributed by atoms with Gasteiger partial charge in [-0.1, -0.05) is 54.6 Å². The fourth-order valence-electron chi connectivity index (χ4n) is 2.72. The average molecular weight is 359 g/mol. The molecule has 0 fully saturated rings. The van der Waals surface area contributed by atoms with E-state index in [1.165, 1.54) is 0 Å². The standard InChI is InChI=1S/C22H21N3O2/c1-16-9-5-6-12-18(16)24-22(27)20(15-17-10-3-2-4-11-17)25-21(26)19-13-7-8-14-23-19/h2-14,20H,15H2,1H3,(H,24,27)(H,25,26). The number of hydrogen-bond donors (Lipinski definition) is 2. The number of carbonyl (C=O) groups is 2. The lowest BCUT2D eigenvalue weighted by atomic mass is 10.0. The normalized spacial score (nSPS) is 11.4. The van der Waals surface area contributed by atoms with E-state index in [0.29, 0.717) is 6.42 Å². The lowest BCUT2D eigenvalue weighted by Crippen LogP contribution is -2.45. The molecular weight excluding hydrogens is 338 g/mol. The maximum Gasteiger partial charge on any atom is 0.270 e. The molecule has 0 spiro atoms. The Hall–Kier alpha value is -3.47. The molecule has 5 heteroatoms. The third-order valence-electron chi connectivity index (χ3n) is 4.20. The van der Waals surface area contributed by atoms with E-state index >= 15 is 0 Å². The number of anilines is 1. The smallest absolute Gasteiger partial charge is 0.270 e. The second kappa shape index (κ2) is 8.76. The topological polar surface area (TPSA) is 71.1 Å². The van der Waals surface area contributed by atoms with E-state index in [4.69, 9.17) is 0 Å². The number of carbonyl (C=O) groups excluding carboxylic acids is 2. The van der Waals surface area contributed by atoms with Crippen LogP contribution >= 0.6 is 0 Å². The molecule has 136 valence electrons. The largest absolute Gasteiger partial charge is 0.339 e. The van der Waals surface area contributed by atoms with Crippen LogP contribution < -0.4 is 10.6 Å². The number of rotatable bonds is 6. The van der Waals surface area contributed by atoms with Crippen molar-refractivity contribution in [3.63, 3.8) is 0 Å². The number of aryl methyl sites for hydroxylation is 1. The molecule has 1 aromatic heterocycles. The highest BCUT2D eigenvalue weighted by molar-refractivity contribution is 6.00. The van der Waals surface area contributed by atoms with Crippen LogP contribution in [0.15, 0.2) is 79.0 Å². The molecule has 2 N–H and O–H groups in total. The number of aromatic nitrogens is 1. The van der Waals surface area contributed by atoms with Gasteiger partial charge in [0.05, 0.1) is 0 Å². The van der Waals surface area contributed by atoms with Gasteiger partial charge in [0, 0.05) is 18.3 Å². The van der Waals surface area contributed by atoms with Crippen molar-refractivity contribution < 1.29 is 9.59 Å². The van der Waals surface area contributed by atoms with Gasteiger partial charge in [-0.05, 0) is 36.2 Å². The molecule has 0 radical (unpaired) electrons. The summed E-state index contributed by atoms with van der Waals surface area (Å²) >= 11 is 0. The molecule has 1 atom stereocenters. The summed E-state index contributed by atoms with van der Waals surface area (Å²) < 4.78 is 0. The number of pyridine rings is 1. The Labute approximate surface area is 158 Å². The first kappa shape index (κ1) is 18.3. The lowest BCUT2D eigenvalue weighted by molar-refractivity contribution is -0.118. The minimum atomic E-state index is -0.721. The van der Waals surface area contributed by atoms with E-state index in [1.807, 2.05) is 61.5 Å². The van der Waals surface area contributed by atoms with Gasteiger partial charge in [-0.3, -0.25) is 14.6 Å². The van der Waals surface area contributed by atoms with Gasteiger partial charge in [0.2, 0.25) is 5.91 Å². The zero-order valence-corrected chi connectivity index (χ0v) is 15.1. The maximum atomic E-state index is 12.9. The maximum absolute atomic E-state index is 12.9. The predicted octanol–water partition coefficient (Wildman–Crippen LogP) is 3.37. The predicted molar refractivity (Wildman–Crippen MR) is 105 cm³/mol. The number of nitrogens with zero attached hydrogens (tertiary/aromatic N) is 1. The molecule has 2 amide bonds. The van der Waals surface area contributed by atoms with Gasteiger partial charge in [-0.2, -0.15) is 0 Å². The lowest BCUT2D eigenvalue weighted by Gasteiger charge is -2.19. The summed E-state index contributed by atoms with van der Waals surface area (Å²) in [6, 6.07) is 21.5. The summed E-state index contributed by atoms with van der Waals surface area (Å²) in [5.41, 5.74) is 2.93. The van der Waals surface area contributed by atoms with Crippen LogP contribution in [0.1, 0.15) is 21.6 Å². The van der Waals surface area contributed by atoms with E-state index in [-0.39, 0.29) is 17.5 Å². The van der Waals surface area contributed by atoms with Crippen molar-refractivity contribution >= 4 is 17.5 Å². The minimum Gasteiger partial charge on any atom is -0.339 e. The monoisotopic (exact) mass is 359 g/mol. The van der Waals surface area contributed by atoms with Crippen LogP contribution in [-0.4, -0.2) is 22.8 Å². The molecule has 3 aromatic rings. The number of nitrogens with one attached hydrogen (secondary N) is 2. The van der Waals surface area contributed by atoms with Crippen LogP contribution in [0.25, 0.3) is 0 Å². The molecule has 27 heavy (non-hydrogen) atoms. The molecule has 0 bridgehead atoms. The Morgan fingerprint density at radius 1 is 0.926 bits per heavy atom. The highest BCUT2D eigenvalue weighted by Crippen LogP contribution is 2.14. The molecule has 0 aliphatic carbocycles. The van der Waals surface area contributed by atoms with Crippen molar-refractivity contribution in [2.24, 2.45) is 0 Å². The second-order valence-corrected chi connectivity index (χ2v) is 6.23. The number of para-hydroxylation sites is 1. The number of benzene rings is 2. The summed E-state index contributed by atoms with van der Waals surface area (Å²) in [5, 5.41) is 5.72. The van der Waals surface area contributed by atoms with E-state index < -0.39 is 6.04 Å². The summed E-state index contributed by atoms with van der Waals surface area (Å²) in [6.07, 6.45) is 1.94. The van der Waals surface area contributed by atoms with Crippen molar-refractivity contribution in [3.05, 3.63) is 95.8 Å². The third kappa shape index (κ3) is 5.01. The van der Waals surface area contributed by atoms with Crippen LogP contribution in [0.2, 0.25) is 0 Å². The highest BCUT2D eigenvalue weighted by atomic mass is 16.2. The van der Waals surface area contributed by atoms with E-state index in [0.717, 1.165) is 16.8 Å². The Kier molecular flexibility index (Phi) is 5.94. The molecule has 0 saturated heterocycles. The van der Waals surface area contributed by atoms with Crippen molar-refractivity contribution in [2.45, 2.75) is 19.4 Å². The van der Waals surface area contributed by atoms with Gasteiger partial charge in [-0.15, -0.1) is 0 Å². The molecule has 1 heterocycles. The van der Waals surface area contributed by atoms with E-state index in [9.17, 15) is 9.59 Å². The molecule has 5 nitrogen and oxygen atoms in total.